The summed E-state index contributed by atoms with van der Waals surface area (Å²) in [5.41, 5.74) is 1.76. The molecule has 0 bridgehead atoms. The Bertz CT molecular complexity index is 766. The molecule has 8 heteroatoms. The number of ether oxygens (including phenoxy) is 1. The number of carbonyl (C=O) groups excluding carboxylic acids is 1. The van der Waals surface area contributed by atoms with Gasteiger partial charge in [0.25, 0.3) is 5.91 Å². The van der Waals surface area contributed by atoms with Crippen molar-refractivity contribution in [2.75, 3.05) is 16.8 Å². The smallest absolute Gasteiger partial charge is 0.387 e. The first-order valence-corrected chi connectivity index (χ1v) is 10.0. The van der Waals surface area contributed by atoms with E-state index in [1.165, 1.54) is 12.5 Å². The van der Waals surface area contributed by atoms with E-state index in [1.807, 2.05) is 35.7 Å². The highest BCUT2D eigenvalue weighted by Crippen LogP contribution is 2.43. The lowest BCUT2D eigenvalue weighted by molar-refractivity contribution is -0.0521. The molecule has 3 rings (SSSR count). The monoisotopic (exact) mass is 399 g/mol. The lowest BCUT2D eigenvalue weighted by Crippen LogP contribution is -2.12. The Hall–Kier alpha value is -1.80. The molecular formula is C18H16F3NO2S2. The van der Waals surface area contributed by atoms with Crippen molar-refractivity contribution in [3.63, 3.8) is 0 Å². The number of hydrogen-bond donors (Lipinski definition) is 1. The maximum absolute atomic E-state index is 13.7. The van der Waals surface area contributed by atoms with Crippen molar-refractivity contribution < 1.29 is 22.7 Å². The maximum atomic E-state index is 13.7. The van der Waals surface area contributed by atoms with Gasteiger partial charge in [-0.25, -0.2) is 4.39 Å². The molecule has 1 fully saturated rings. The summed E-state index contributed by atoms with van der Waals surface area (Å²) < 4.78 is 42.4. The summed E-state index contributed by atoms with van der Waals surface area (Å²) in [5, 5.41) is 2.55. The number of anilines is 1. The van der Waals surface area contributed by atoms with E-state index >= 15 is 0 Å². The summed E-state index contributed by atoms with van der Waals surface area (Å²) in [7, 11) is 0. The van der Waals surface area contributed by atoms with E-state index < -0.39 is 24.1 Å². The van der Waals surface area contributed by atoms with E-state index in [9.17, 15) is 18.0 Å². The second-order valence-electron chi connectivity index (χ2n) is 5.53. The molecule has 0 aliphatic carbocycles. The summed E-state index contributed by atoms with van der Waals surface area (Å²) in [4.78, 5) is 12.3. The van der Waals surface area contributed by atoms with Gasteiger partial charge in [0.1, 0.15) is 0 Å². The highest BCUT2D eigenvalue weighted by molar-refractivity contribution is 8.16. The van der Waals surface area contributed by atoms with Gasteiger partial charge >= 0.3 is 6.61 Å². The Kier molecular flexibility index (Phi) is 6.37. The van der Waals surface area contributed by atoms with Crippen LogP contribution in [-0.4, -0.2) is 24.0 Å². The highest BCUT2D eigenvalue weighted by Gasteiger charge is 2.17. The number of benzene rings is 2. The minimum absolute atomic E-state index is 0.164. The van der Waals surface area contributed by atoms with Gasteiger partial charge in [-0.3, -0.25) is 4.79 Å². The third-order valence-corrected chi connectivity index (χ3v) is 6.69. The van der Waals surface area contributed by atoms with Crippen LogP contribution in [0.5, 0.6) is 5.75 Å². The van der Waals surface area contributed by atoms with E-state index in [0.29, 0.717) is 10.1 Å². The third kappa shape index (κ3) is 4.88. The predicted molar refractivity (Wildman–Crippen MR) is 99.7 cm³/mol. The highest BCUT2D eigenvalue weighted by atomic mass is 32.2. The van der Waals surface area contributed by atoms with Crippen molar-refractivity contribution >= 4 is 35.1 Å². The molecule has 1 N–H and O–H groups in total. The number of halogens is 3. The van der Waals surface area contributed by atoms with E-state index in [1.54, 1.807) is 12.1 Å². The van der Waals surface area contributed by atoms with Crippen LogP contribution in [0.2, 0.25) is 0 Å². The second-order valence-corrected chi connectivity index (χ2v) is 8.25. The summed E-state index contributed by atoms with van der Waals surface area (Å²) in [6.45, 7) is -3.11. The molecule has 1 aliphatic heterocycles. The van der Waals surface area contributed by atoms with Crippen LogP contribution in [0.3, 0.4) is 0 Å². The molecule has 0 saturated carbocycles. The zero-order valence-electron chi connectivity index (χ0n) is 13.6. The predicted octanol–water partition coefficient (Wildman–Crippen LogP) is 5.55. The number of hydrogen-bond acceptors (Lipinski definition) is 4. The van der Waals surface area contributed by atoms with Gasteiger partial charge < -0.3 is 10.1 Å². The zero-order chi connectivity index (χ0) is 18.5. The van der Waals surface area contributed by atoms with E-state index in [2.05, 4.69) is 10.1 Å². The minimum atomic E-state index is -3.11. The molecule has 2 aromatic carbocycles. The average molecular weight is 399 g/mol. The molecule has 0 atom stereocenters. The Morgan fingerprint density at radius 3 is 2.42 bits per heavy atom. The van der Waals surface area contributed by atoms with Gasteiger partial charge in [0, 0.05) is 17.3 Å². The number of amides is 1. The standard InChI is InChI=1S/C18H16F3NO2S2/c19-14-10-13(6-7-15(14)24-18(20)21)22-16(23)11-2-4-12(5-3-11)17-25-8-1-9-26-17/h2-7,10,17-18H,1,8-9H2,(H,22,23). The van der Waals surface area contributed by atoms with Gasteiger partial charge in [0.15, 0.2) is 11.6 Å². The van der Waals surface area contributed by atoms with Crippen molar-refractivity contribution in [2.45, 2.75) is 17.6 Å². The molecule has 26 heavy (non-hydrogen) atoms. The summed E-state index contributed by atoms with van der Waals surface area (Å²) in [6.07, 6.45) is 1.21. The fourth-order valence-corrected chi connectivity index (χ4v) is 5.34. The van der Waals surface area contributed by atoms with Crippen molar-refractivity contribution in [2.24, 2.45) is 0 Å². The SMILES string of the molecule is O=C(Nc1ccc(OC(F)F)c(F)c1)c1ccc(C2SCCCS2)cc1. The molecule has 3 nitrogen and oxygen atoms in total. The van der Waals surface area contributed by atoms with Crippen LogP contribution in [-0.2, 0) is 0 Å². The molecule has 2 aromatic rings. The summed E-state index contributed by atoms with van der Waals surface area (Å²) in [6, 6.07) is 10.6. The quantitative estimate of drug-likeness (QED) is 0.716. The molecule has 1 heterocycles. The average Bonchev–Trinajstić information content (AvgIpc) is 2.64. The minimum Gasteiger partial charge on any atom is -0.432 e. The van der Waals surface area contributed by atoms with Crippen molar-refractivity contribution in [3.8, 4) is 5.75 Å². The lowest BCUT2D eigenvalue weighted by Gasteiger charge is -2.21. The Balaban J connectivity index is 1.65. The summed E-state index contributed by atoms with van der Waals surface area (Å²) in [5.74, 6) is 0.338. The molecule has 138 valence electrons. The summed E-state index contributed by atoms with van der Waals surface area (Å²) >= 11 is 3.79. The van der Waals surface area contributed by atoms with Crippen LogP contribution in [0, 0.1) is 5.82 Å². The van der Waals surface area contributed by atoms with Gasteiger partial charge in [0.2, 0.25) is 0 Å². The van der Waals surface area contributed by atoms with Crippen LogP contribution in [0.15, 0.2) is 42.5 Å². The van der Waals surface area contributed by atoms with Gasteiger partial charge in [-0.2, -0.15) is 8.78 Å². The molecule has 0 aromatic heterocycles. The Morgan fingerprint density at radius 2 is 1.81 bits per heavy atom. The normalized spacial score (nSPS) is 15.1. The maximum Gasteiger partial charge on any atom is 0.387 e. The van der Waals surface area contributed by atoms with Crippen LogP contribution < -0.4 is 10.1 Å². The van der Waals surface area contributed by atoms with E-state index in [0.717, 1.165) is 29.2 Å². The number of nitrogens with one attached hydrogen (secondary N) is 1. The zero-order valence-corrected chi connectivity index (χ0v) is 15.2. The second kappa shape index (κ2) is 8.73. The molecule has 0 spiro atoms. The molecule has 1 saturated heterocycles. The van der Waals surface area contributed by atoms with Gasteiger partial charge in [-0.05, 0) is 47.8 Å². The van der Waals surface area contributed by atoms with Crippen molar-refractivity contribution in [3.05, 3.63) is 59.4 Å². The number of alkyl halides is 2. The van der Waals surface area contributed by atoms with Gasteiger partial charge in [-0.1, -0.05) is 12.1 Å². The third-order valence-electron chi connectivity index (χ3n) is 3.68. The Labute approximate surface area is 157 Å². The van der Waals surface area contributed by atoms with Crippen LogP contribution in [0.1, 0.15) is 26.9 Å². The first-order valence-electron chi connectivity index (χ1n) is 7.92. The van der Waals surface area contributed by atoms with Crippen LogP contribution in [0.25, 0.3) is 0 Å². The topological polar surface area (TPSA) is 38.3 Å². The van der Waals surface area contributed by atoms with E-state index in [4.69, 9.17) is 0 Å². The fourth-order valence-electron chi connectivity index (χ4n) is 2.45. The number of rotatable bonds is 5. The molecular weight excluding hydrogens is 383 g/mol. The molecule has 0 radical (unpaired) electrons. The van der Waals surface area contributed by atoms with Crippen LogP contribution >= 0.6 is 23.5 Å². The fraction of sp³-hybridized carbons (Fsp3) is 0.278. The van der Waals surface area contributed by atoms with Crippen LogP contribution in [0.4, 0.5) is 18.9 Å². The van der Waals surface area contributed by atoms with E-state index in [-0.39, 0.29) is 5.69 Å². The van der Waals surface area contributed by atoms with Crippen molar-refractivity contribution in [1.29, 1.82) is 0 Å². The van der Waals surface area contributed by atoms with Gasteiger partial charge in [-0.15, -0.1) is 23.5 Å². The number of thioether (sulfide) groups is 2. The molecule has 1 aliphatic rings. The Morgan fingerprint density at radius 1 is 1.12 bits per heavy atom. The van der Waals surface area contributed by atoms with Gasteiger partial charge in [0.05, 0.1) is 4.58 Å². The largest absolute Gasteiger partial charge is 0.432 e. The molecule has 1 amide bonds. The first-order chi connectivity index (χ1) is 12.5. The number of carbonyl (C=O) groups is 1. The first kappa shape index (κ1) is 19.0. The molecule has 0 unspecified atom stereocenters. The van der Waals surface area contributed by atoms with Crippen molar-refractivity contribution in [1.82, 2.24) is 0 Å². The lowest BCUT2D eigenvalue weighted by atomic mass is 10.1.